The number of nitrogens with two attached hydrogens (primary N) is 1. The van der Waals surface area contributed by atoms with Crippen molar-refractivity contribution < 1.29 is 14.2 Å². The molecule has 108 valence electrons. The number of rotatable bonds is 8. The highest BCUT2D eigenvalue weighted by atomic mass is 16.5. The van der Waals surface area contributed by atoms with E-state index in [4.69, 9.17) is 19.9 Å². The van der Waals surface area contributed by atoms with Crippen LogP contribution in [0, 0.1) is 0 Å². The van der Waals surface area contributed by atoms with Crippen LogP contribution in [-0.2, 0) is 11.2 Å². The van der Waals surface area contributed by atoms with E-state index in [0.717, 1.165) is 29.9 Å². The number of hydrogen-bond donors (Lipinski definition) is 1. The molecule has 0 aliphatic heterocycles. The molecule has 1 rings (SSSR count). The van der Waals surface area contributed by atoms with Crippen molar-refractivity contribution in [3.8, 4) is 11.5 Å². The average molecular weight is 267 g/mol. The minimum Gasteiger partial charge on any atom is -0.497 e. The summed E-state index contributed by atoms with van der Waals surface area (Å²) in [6.45, 7) is 4.58. The molecule has 4 nitrogen and oxygen atoms in total. The highest BCUT2D eigenvalue weighted by Crippen LogP contribution is 2.26. The lowest BCUT2D eigenvalue weighted by Crippen LogP contribution is -2.22. The van der Waals surface area contributed by atoms with Gasteiger partial charge in [-0.25, -0.2) is 0 Å². The van der Waals surface area contributed by atoms with Gasteiger partial charge >= 0.3 is 0 Å². The highest BCUT2D eigenvalue weighted by Gasteiger charge is 2.11. The summed E-state index contributed by atoms with van der Waals surface area (Å²) in [5.74, 6) is 1.68. The molecule has 1 aromatic rings. The molecule has 0 aromatic heterocycles. The molecule has 0 saturated carbocycles. The van der Waals surface area contributed by atoms with E-state index in [1.807, 2.05) is 25.1 Å². The van der Waals surface area contributed by atoms with E-state index in [1.165, 1.54) is 0 Å². The van der Waals surface area contributed by atoms with Gasteiger partial charge in [0, 0.05) is 13.2 Å². The second-order valence-electron chi connectivity index (χ2n) is 4.70. The average Bonchev–Trinajstić information content (AvgIpc) is 2.45. The third kappa shape index (κ3) is 5.09. The van der Waals surface area contributed by atoms with Crippen LogP contribution in [0.1, 0.15) is 25.8 Å². The fraction of sp³-hybridized carbons (Fsp3) is 0.600. The molecule has 1 aromatic carbocycles. The quantitative estimate of drug-likeness (QED) is 0.785. The Hall–Kier alpha value is -1.26. The minimum absolute atomic E-state index is 0.0646. The third-order valence-corrected chi connectivity index (χ3v) is 3.15. The van der Waals surface area contributed by atoms with Gasteiger partial charge in [-0.1, -0.05) is 6.92 Å². The Kier molecular flexibility index (Phi) is 6.67. The maximum atomic E-state index is 6.03. The van der Waals surface area contributed by atoms with Gasteiger partial charge in [0.2, 0.25) is 0 Å². The minimum atomic E-state index is 0.0646. The molecule has 0 spiro atoms. The van der Waals surface area contributed by atoms with E-state index in [-0.39, 0.29) is 12.1 Å². The molecule has 2 unspecified atom stereocenters. The Morgan fingerprint density at radius 2 is 2.00 bits per heavy atom. The van der Waals surface area contributed by atoms with Gasteiger partial charge in [-0.2, -0.15) is 0 Å². The predicted molar refractivity (Wildman–Crippen MR) is 76.9 cm³/mol. The van der Waals surface area contributed by atoms with Crippen LogP contribution < -0.4 is 15.2 Å². The van der Waals surface area contributed by atoms with Crippen LogP contribution in [0.25, 0.3) is 0 Å². The van der Waals surface area contributed by atoms with Gasteiger partial charge in [-0.3, -0.25) is 0 Å². The molecular formula is C15H25NO3. The van der Waals surface area contributed by atoms with Crippen LogP contribution in [0.5, 0.6) is 11.5 Å². The molecule has 0 aliphatic carbocycles. The van der Waals surface area contributed by atoms with Crippen LogP contribution in [0.2, 0.25) is 0 Å². The Morgan fingerprint density at radius 1 is 1.26 bits per heavy atom. The van der Waals surface area contributed by atoms with E-state index in [0.29, 0.717) is 6.61 Å². The SMILES string of the molecule is CCC(N)Cc1cc(OC)ccc1OCC(C)OC. The second-order valence-corrected chi connectivity index (χ2v) is 4.70. The summed E-state index contributed by atoms with van der Waals surface area (Å²) in [6, 6.07) is 5.95. The molecule has 0 saturated heterocycles. The summed E-state index contributed by atoms with van der Waals surface area (Å²) in [7, 11) is 3.34. The molecule has 0 heterocycles. The first-order chi connectivity index (χ1) is 9.10. The zero-order valence-corrected chi connectivity index (χ0v) is 12.3. The van der Waals surface area contributed by atoms with Gasteiger partial charge in [0.05, 0.1) is 13.2 Å². The molecule has 0 bridgehead atoms. The van der Waals surface area contributed by atoms with Gasteiger partial charge in [0.15, 0.2) is 0 Å². The summed E-state index contributed by atoms with van der Waals surface area (Å²) in [4.78, 5) is 0. The molecule has 4 heteroatoms. The van der Waals surface area contributed by atoms with Crippen molar-refractivity contribution in [1.29, 1.82) is 0 Å². The molecular weight excluding hydrogens is 242 g/mol. The molecule has 2 atom stereocenters. The van der Waals surface area contributed by atoms with Gasteiger partial charge in [0.25, 0.3) is 0 Å². The van der Waals surface area contributed by atoms with Crippen molar-refractivity contribution >= 4 is 0 Å². The van der Waals surface area contributed by atoms with E-state index in [9.17, 15) is 0 Å². The van der Waals surface area contributed by atoms with Crippen LogP contribution in [-0.4, -0.2) is 33.0 Å². The number of ether oxygens (including phenoxy) is 3. The normalized spacial score (nSPS) is 13.9. The number of methoxy groups -OCH3 is 2. The molecule has 0 amide bonds. The fourth-order valence-electron chi connectivity index (χ4n) is 1.69. The fourth-order valence-corrected chi connectivity index (χ4v) is 1.69. The first-order valence-corrected chi connectivity index (χ1v) is 6.68. The van der Waals surface area contributed by atoms with Gasteiger partial charge in [-0.15, -0.1) is 0 Å². The van der Waals surface area contributed by atoms with E-state index >= 15 is 0 Å². The van der Waals surface area contributed by atoms with Crippen LogP contribution in [0.3, 0.4) is 0 Å². The molecule has 19 heavy (non-hydrogen) atoms. The van der Waals surface area contributed by atoms with Crippen molar-refractivity contribution in [2.75, 3.05) is 20.8 Å². The lowest BCUT2D eigenvalue weighted by Gasteiger charge is -2.17. The molecule has 2 N–H and O–H groups in total. The topological polar surface area (TPSA) is 53.7 Å². The Morgan fingerprint density at radius 3 is 2.58 bits per heavy atom. The zero-order valence-electron chi connectivity index (χ0n) is 12.3. The van der Waals surface area contributed by atoms with E-state index in [1.54, 1.807) is 14.2 Å². The lowest BCUT2D eigenvalue weighted by molar-refractivity contribution is 0.0712. The molecule has 0 fully saturated rings. The Balaban J connectivity index is 2.82. The summed E-state index contributed by atoms with van der Waals surface area (Å²) in [6.07, 6.45) is 1.78. The largest absolute Gasteiger partial charge is 0.497 e. The van der Waals surface area contributed by atoms with Crippen LogP contribution in [0.4, 0.5) is 0 Å². The summed E-state index contributed by atoms with van der Waals surface area (Å²) >= 11 is 0. The highest BCUT2D eigenvalue weighted by molar-refractivity contribution is 5.40. The van der Waals surface area contributed by atoms with Crippen LogP contribution in [0.15, 0.2) is 18.2 Å². The maximum Gasteiger partial charge on any atom is 0.122 e. The van der Waals surface area contributed by atoms with Crippen molar-refractivity contribution in [2.45, 2.75) is 38.8 Å². The first-order valence-electron chi connectivity index (χ1n) is 6.68. The van der Waals surface area contributed by atoms with Gasteiger partial charge in [-0.05, 0) is 43.5 Å². The summed E-state index contributed by atoms with van der Waals surface area (Å²) in [5, 5.41) is 0. The Bertz CT molecular complexity index is 382. The Labute approximate surface area is 115 Å². The second kappa shape index (κ2) is 8.02. The van der Waals surface area contributed by atoms with Gasteiger partial charge in [0.1, 0.15) is 18.1 Å². The third-order valence-electron chi connectivity index (χ3n) is 3.15. The number of benzene rings is 1. The summed E-state index contributed by atoms with van der Waals surface area (Å²) in [5.41, 5.74) is 7.11. The number of hydrogen-bond acceptors (Lipinski definition) is 4. The predicted octanol–water partition coefficient (Wildman–Crippen LogP) is 2.39. The van der Waals surface area contributed by atoms with Gasteiger partial charge < -0.3 is 19.9 Å². The van der Waals surface area contributed by atoms with Crippen LogP contribution >= 0.6 is 0 Å². The monoisotopic (exact) mass is 267 g/mol. The standard InChI is InChI=1S/C15H25NO3/c1-5-13(16)8-12-9-14(18-4)6-7-15(12)19-10-11(2)17-3/h6-7,9,11,13H,5,8,10,16H2,1-4H3. The molecule has 0 radical (unpaired) electrons. The van der Waals surface area contributed by atoms with Crippen molar-refractivity contribution in [1.82, 2.24) is 0 Å². The zero-order chi connectivity index (χ0) is 14.3. The molecule has 0 aliphatic rings. The lowest BCUT2D eigenvalue weighted by atomic mass is 10.0. The summed E-state index contributed by atoms with van der Waals surface area (Å²) < 4.78 is 16.2. The van der Waals surface area contributed by atoms with Crippen molar-refractivity contribution in [3.05, 3.63) is 23.8 Å². The van der Waals surface area contributed by atoms with Crippen molar-refractivity contribution in [3.63, 3.8) is 0 Å². The van der Waals surface area contributed by atoms with E-state index in [2.05, 4.69) is 6.92 Å². The first kappa shape index (κ1) is 15.8. The van der Waals surface area contributed by atoms with Crippen molar-refractivity contribution in [2.24, 2.45) is 5.73 Å². The smallest absolute Gasteiger partial charge is 0.122 e. The maximum absolute atomic E-state index is 6.03. The van der Waals surface area contributed by atoms with E-state index < -0.39 is 0 Å².